The van der Waals surface area contributed by atoms with E-state index >= 15 is 0 Å². The summed E-state index contributed by atoms with van der Waals surface area (Å²) in [4.78, 5) is 9.24. The fourth-order valence-electron chi connectivity index (χ4n) is 3.91. The fourth-order valence-corrected chi connectivity index (χ4v) is 5.14. The van der Waals surface area contributed by atoms with Gasteiger partial charge >= 0.3 is 0 Å². The maximum absolute atomic E-state index is 11.8. The first kappa shape index (κ1) is 21.1. The lowest BCUT2D eigenvalue weighted by Gasteiger charge is -2.30. The van der Waals surface area contributed by atoms with Crippen molar-refractivity contribution in [3.05, 3.63) is 47.2 Å². The van der Waals surface area contributed by atoms with Crippen molar-refractivity contribution in [2.75, 3.05) is 25.1 Å². The molecule has 0 amide bonds. The highest BCUT2D eigenvalue weighted by Crippen LogP contribution is 2.35. The number of aromatic nitrogens is 4. The van der Waals surface area contributed by atoms with Gasteiger partial charge in [-0.2, -0.15) is 14.6 Å². The smallest absolute Gasteiger partial charge is 0.234 e. The Hall–Kier alpha value is -2.76. The summed E-state index contributed by atoms with van der Waals surface area (Å²) in [6.07, 6.45) is 5.72. The number of fused-ring (bicyclic) bond motifs is 2. The highest BCUT2D eigenvalue weighted by molar-refractivity contribution is 9.10. The molecule has 9 nitrogen and oxygen atoms in total. The minimum Gasteiger partial charge on any atom is -0.473 e. The summed E-state index contributed by atoms with van der Waals surface area (Å²) in [7, 11) is -3.19. The largest absolute Gasteiger partial charge is 0.473 e. The standard InChI is InChI=1S/C21H21BrN6O3S/c1-32(29,30)27-8-6-15(7-9-27)31-21-18(22)19(23)28-20(26-21)16(12-25-28)14-10-13-4-2-3-5-17(13)24-11-14/h2-5,10-12,15H,6-9,23H2,1H3. The molecule has 0 unspecified atom stereocenters. The summed E-state index contributed by atoms with van der Waals surface area (Å²) in [6, 6.07) is 9.93. The number of hydrogen-bond acceptors (Lipinski definition) is 7. The van der Waals surface area contributed by atoms with Crippen molar-refractivity contribution in [1.29, 1.82) is 0 Å². The number of pyridine rings is 1. The van der Waals surface area contributed by atoms with Crippen LogP contribution in [0.25, 0.3) is 27.7 Å². The number of rotatable bonds is 4. The molecule has 166 valence electrons. The van der Waals surface area contributed by atoms with Gasteiger partial charge in [-0.25, -0.2) is 12.7 Å². The molecular formula is C21H21BrN6O3S. The third kappa shape index (κ3) is 3.80. The Labute approximate surface area is 193 Å². The van der Waals surface area contributed by atoms with Gasteiger partial charge in [0.25, 0.3) is 0 Å². The van der Waals surface area contributed by atoms with Gasteiger partial charge in [-0.05, 0) is 40.9 Å². The Kier molecular flexibility index (Phi) is 5.26. The first-order chi connectivity index (χ1) is 15.3. The summed E-state index contributed by atoms with van der Waals surface area (Å²) in [5.74, 6) is 0.738. The summed E-state index contributed by atoms with van der Waals surface area (Å²) in [5.41, 5.74) is 9.45. The number of para-hydroxylation sites is 1. The third-order valence-corrected chi connectivity index (χ3v) is 7.69. The summed E-state index contributed by atoms with van der Waals surface area (Å²) < 4.78 is 33.2. The molecule has 1 aromatic carbocycles. The number of piperidine rings is 1. The predicted octanol–water partition coefficient (Wildman–Crippen LogP) is 3.09. The normalized spacial score (nSPS) is 16.1. The van der Waals surface area contributed by atoms with Gasteiger partial charge in [0.15, 0.2) is 5.65 Å². The van der Waals surface area contributed by atoms with E-state index < -0.39 is 10.0 Å². The minimum absolute atomic E-state index is 0.160. The number of benzene rings is 1. The van der Waals surface area contributed by atoms with E-state index in [0.29, 0.717) is 47.7 Å². The van der Waals surface area contributed by atoms with Crippen LogP contribution in [0.1, 0.15) is 12.8 Å². The van der Waals surface area contributed by atoms with Gasteiger partial charge in [0.1, 0.15) is 16.4 Å². The molecule has 1 aliphatic rings. The number of halogens is 1. The minimum atomic E-state index is -3.19. The van der Waals surface area contributed by atoms with Gasteiger partial charge in [-0.3, -0.25) is 4.98 Å². The van der Waals surface area contributed by atoms with E-state index in [0.717, 1.165) is 22.0 Å². The van der Waals surface area contributed by atoms with Crippen molar-refractivity contribution in [2.45, 2.75) is 18.9 Å². The van der Waals surface area contributed by atoms with Crippen molar-refractivity contribution >= 4 is 48.3 Å². The summed E-state index contributed by atoms with van der Waals surface area (Å²) >= 11 is 3.48. The number of nitrogens with zero attached hydrogens (tertiary/aromatic N) is 5. The average Bonchev–Trinajstić information content (AvgIpc) is 3.20. The van der Waals surface area contributed by atoms with Crippen molar-refractivity contribution in [2.24, 2.45) is 0 Å². The molecule has 2 N–H and O–H groups in total. The molecule has 4 aromatic rings. The molecule has 5 rings (SSSR count). The van der Waals surface area contributed by atoms with Crippen LogP contribution >= 0.6 is 15.9 Å². The van der Waals surface area contributed by atoms with E-state index in [-0.39, 0.29) is 6.10 Å². The van der Waals surface area contributed by atoms with E-state index in [4.69, 9.17) is 15.5 Å². The molecular weight excluding hydrogens is 496 g/mol. The van der Waals surface area contributed by atoms with Gasteiger partial charge < -0.3 is 10.5 Å². The number of nitrogen functional groups attached to an aromatic ring is 1. The number of hydrogen-bond donors (Lipinski definition) is 1. The third-order valence-electron chi connectivity index (χ3n) is 5.64. The number of sulfonamides is 1. The second-order valence-corrected chi connectivity index (χ2v) is 10.6. The molecule has 0 atom stereocenters. The Balaban J connectivity index is 1.49. The average molecular weight is 517 g/mol. The second-order valence-electron chi connectivity index (χ2n) is 7.81. The summed E-state index contributed by atoms with van der Waals surface area (Å²) in [5, 5.41) is 5.42. The molecule has 0 saturated carbocycles. The quantitative estimate of drug-likeness (QED) is 0.442. The van der Waals surface area contributed by atoms with Gasteiger partial charge in [-0.15, -0.1) is 0 Å². The molecule has 0 radical (unpaired) electrons. The Morgan fingerprint density at radius 3 is 2.69 bits per heavy atom. The molecule has 1 aliphatic heterocycles. The number of nitrogens with two attached hydrogens (primary N) is 1. The van der Waals surface area contributed by atoms with Crippen LogP contribution in [0.5, 0.6) is 5.88 Å². The lowest BCUT2D eigenvalue weighted by atomic mass is 10.1. The monoisotopic (exact) mass is 516 g/mol. The molecule has 1 fully saturated rings. The van der Waals surface area contributed by atoms with Crippen LogP contribution in [-0.4, -0.2) is 57.8 Å². The molecule has 4 heterocycles. The zero-order chi connectivity index (χ0) is 22.5. The fraction of sp³-hybridized carbons (Fsp3) is 0.286. The van der Waals surface area contributed by atoms with Crippen molar-refractivity contribution in [3.8, 4) is 17.0 Å². The molecule has 11 heteroatoms. The van der Waals surface area contributed by atoms with Crippen LogP contribution in [-0.2, 0) is 10.0 Å². The Morgan fingerprint density at radius 2 is 1.94 bits per heavy atom. The van der Waals surface area contributed by atoms with E-state index in [1.54, 1.807) is 16.9 Å². The lowest BCUT2D eigenvalue weighted by molar-refractivity contribution is 0.129. The van der Waals surface area contributed by atoms with E-state index in [1.807, 2.05) is 30.3 Å². The predicted molar refractivity (Wildman–Crippen MR) is 126 cm³/mol. The topological polar surface area (TPSA) is 116 Å². The first-order valence-electron chi connectivity index (χ1n) is 10.1. The zero-order valence-electron chi connectivity index (χ0n) is 17.3. The van der Waals surface area contributed by atoms with E-state index in [1.165, 1.54) is 10.6 Å². The first-order valence-corrected chi connectivity index (χ1v) is 12.7. The van der Waals surface area contributed by atoms with Crippen LogP contribution in [0, 0.1) is 0 Å². The van der Waals surface area contributed by atoms with Gasteiger partial charge in [0.05, 0.1) is 18.0 Å². The van der Waals surface area contributed by atoms with Crippen LogP contribution in [0.15, 0.2) is 47.2 Å². The zero-order valence-corrected chi connectivity index (χ0v) is 19.7. The Morgan fingerprint density at radius 1 is 1.19 bits per heavy atom. The molecule has 1 saturated heterocycles. The van der Waals surface area contributed by atoms with Crippen molar-refractivity contribution in [1.82, 2.24) is 23.9 Å². The number of ether oxygens (including phenoxy) is 1. The lowest BCUT2D eigenvalue weighted by Crippen LogP contribution is -2.41. The molecule has 3 aromatic heterocycles. The highest BCUT2D eigenvalue weighted by Gasteiger charge is 2.27. The van der Waals surface area contributed by atoms with E-state index in [2.05, 4.69) is 26.0 Å². The van der Waals surface area contributed by atoms with Gasteiger partial charge in [-0.1, -0.05) is 18.2 Å². The maximum Gasteiger partial charge on any atom is 0.234 e. The highest BCUT2D eigenvalue weighted by atomic mass is 79.9. The van der Waals surface area contributed by atoms with E-state index in [9.17, 15) is 8.42 Å². The Bertz CT molecular complexity index is 1430. The van der Waals surface area contributed by atoms with Gasteiger partial charge in [0, 0.05) is 35.8 Å². The molecule has 32 heavy (non-hydrogen) atoms. The maximum atomic E-state index is 11.8. The van der Waals surface area contributed by atoms with Crippen LogP contribution in [0.3, 0.4) is 0 Å². The van der Waals surface area contributed by atoms with Gasteiger partial charge in [0.2, 0.25) is 15.9 Å². The van der Waals surface area contributed by atoms with Crippen molar-refractivity contribution < 1.29 is 13.2 Å². The summed E-state index contributed by atoms with van der Waals surface area (Å²) in [6.45, 7) is 0.832. The molecule has 0 spiro atoms. The SMILES string of the molecule is CS(=O)(=O)N1CCC(Oc2nc3c(-c4cnc5ccccc5c4)cnn3c(N)c2Br)CC1. The van der Waals surface area contributed by atoms with Crippen molar-refractivity contribution in [3.63, 3.8) is 0 Å². The second kappa shape index (κ2) is 7.98. The van der Waals surface area contributed by atoms with Crippen LogP contribution < -0.4 is 10.5 Å². The molecule has 0 aliphatic carbocycles. The van der Waals surface area contributed by atoms with Crippen LogP contribution in [0.2, 0.25) is 0 Å². The molecule has 0 bridgehead atoms. The van der Waals surface area contributed by atoms with Crippen LogP contribution in [0.4, 0.5) is 5.82 Å². The number of anilines is 1.